The first-order chi connectivity index (χ1) is 19.9. The highest BCUT2D eigenvalue weighted by atomic mass is 16.7. The molecule has 1 aromatic rings. The molecule has 0 saturated carbocycles. The van der Waals surface area contributed by atoms with Crippen molar-refractivity contribution in [1.29, 1.82) is 0 Å². The number of ether oxygens (including phenoxy) is 6. The highest BCUT2D eigenvalue weighted by Crippen LogP contribution is 2.30. The van der Waals surface area contributed by atoms with E-state index in [1.807, 2.05) is 27.7 Å². The summed E-state index contributed by atoms with van der Waals surface area (Å²) in [6.07, 6.45) is 1.05. The Morgan fingerprint density at radius 1 is 0.762 bits per heavy atom. The fraction of sp³-hybridized carbons (Fsp3) is 0.677. The second-order valence-electron chi connectivity index (χ2n) is 10.8. The van der Waals surface area contributed by atoms with Crippen molar-refractivity contribution in [3.63, 3.8) is 0 Å². The monoisotopic (exact) mass is 595 g/mol. The molecular formula is C31H49NO10. The molecule has 238 valence electrons. The van der Waals surface area contributed by atoms with Gasteiger partial charge in [-0.2, -0.15) is 0 Å². The third-order valence-corrected chi connectivity index (χ3v) is 6.22. The Hall–Kier alpha value is -3.34. The Morgan fingerprint density at radius 3 is 1.86 bits per heavy atom. The molecule has 1 N–H and O–H groups in total. The maximum absolute atomic E-state index is 12.6. The van der Waals surface area contributed by atoms with Crippen LogP contribution in [0.5, 0.6) is 11.5 Å². The van der Waals surface area contributed by atoms with Crippen LogP contribution >= 0.6 is 0 Å². The van der Waals surface area contributed by atoms with E-state index in [0.29, 0.717) is 30.7 Å². The van der Waals surface area contributed by atoms with Crippen LogP contribution in [-0.2, 0) is 35.0 Å². The zero-order valence-corrected chi connectivity index (χ0v) is 26.4. The van der Waals surface area contributed by atoms with Gasteiger partial charge in [-0.05, 0) is 70.1 Å². The molecule has 0 heterocycles. The highest BCUT2D eigenvalue weighted by Gasteiger charge is 2.24. The number of rotatable bonds is 18. The molecule has 1 aromatic carbocycles. The number of carbonyl (C=O) groups is 4. The Labute approximate surface area is 249 Å². The molecular weight excluding hydrogens is 546 g/mol. The van der Waals surface area contributed by atoms with Crippen molar-refractivity contribution in [2.75, 3.05) is 13.7 Å². The van der Waals surface area contributed by atoms with Crippen molar-refractivity contribution >= 4 is 24.2 Å². The van der Waals surface area contributed by atoms with E-state index >= 15 is 0 Å². The number of hydrogen-bond donors (Lipinski definition) is 1. The number of benzene rings is 1. The van der Waals surface area contributed by atoms with Gasteiger partial charge >= 0.3 is 24.2 Å². The smallest absolute Gasteiger partial charge is 0.468 e. The quantitative estimate of drug-likeness (QED) is 0.119. The van der Waals surface area contributed by atoms with E-state index in [1.165, 1.54) is 19.2 Å². The van der Waals surface area contributed by atoms with Crippen molar-refractivity contribution < 1.29 is 47.6 Å². The summed E-state index contributed by atoms with van der Waals surface area (Å²) >= 11 is 0. The first-order valence-electron chi connectivity index (χ1n) is 14.8. The van der Waals surface area contributed by atoms with Crippen LogP contribution in [0, 0.1) is 5.92 Å². The third-order valence-electron chi connectivity index (χ3n) is 6.22. The lowest BCUT2D eigenvalue weighted by molar-refractivity contribution is -0.148. The molecule has 0 aromatic heterocycles. The summed E-state index contributed by atoms with van der Waals surface area (Å²) in [6, 6.07) is 3.76. The summed E-state index contributed by atoms with van der Waals surface area (Å²) in [6.45, 7) is 13.5. The fourth-order valence-corrected chi connectivity index (χ4v) is 3.99. The molecule has 0 amide bonds. The SMILES string of the molecule is CCCC(C)OC(=O)Oc1ccc(C[C@H](NCC(C)OC(=O)CCC(C)C)C(=O)OC)cc1OC(=O)OC(C)CCC. The van der Waals surface area contributed by atoms with Crippen LogP contribution < -0.4 is 14.8 Å². The first kappa shape index (κ1) is 36.7. The topological polar surface area (TPSA) is 136 Å². The molecule has 0 saturated heterocycles. The number of esters is 2. The number of hydrogen-bond acceptors (Lipinski definition) is 11. The standard InChI is InChI=1S/C31H49NO10/c1-9-11-21(5)39-30(35)41-26-15-14-24(18-27(26)42-31(36)40-22(6)12-10-2)17-25(29(34)37-8)32-19-23(7)38-28(33)16-13-20(3)4/h14-15,18,20-23,25,32H,9-13,16-17,19H2,1-8H3/t21?,22?,23?,25-/m0/s1. The van der Waals surface area contributed by atoms with Crippen LogP contribution in [0.3, 0.4) is 0 Å². The molecule has 3 unspecified atom stereocenters. The lowest BCUT2D eigenvalue weighted by Gasteiger charge is -2.21. The van der Waals surface area contributed by atoms with Crippen molar-refractivity contribution in [2.24, 2.45) is 5.92 Å². The van der Waals surface area contributed by atoms with Crippen LogP contribution in [0.15, 0.2) is 18.2 Å². The summed E-state index contributed by atoms with van der Waals surface area (Å²) < 4.78 is 31.7. The van der Waals surface area contributed by atoms with E-state index in [0.717, 1.165) is 19.3 Å². The van der Waals surface area contributed by atoms with Gasteiger partial charge in [0.15, 0.2) is 11.5 Å². The van der Waals surface area contributed by atoms with Crippen LogP contribution in [0.2, 0.25) is 0 Å². The average molecular weight is 596 g/mol. The fourth-order valence-electron chi connectivity index (χ4n) is 3.99. The summed E-state index contributed by atoms with van der Waals surface area (Å²) in [5.41, 5.74) is 0.573. The van der Waals surface area contributed by atoms with Crippen LogP contribution in [0.25, 0.3) is 0 Å². The van der Waals surface area contributed by atoms with Gasteiger partial charge in [0.25, 0.3) is 0 Å². The summed E-state index contributed by atoms with van der Waals surface area (Å²) in [5.74, 6) is -0.559. The maximum atomic E-state index is 12.6. The largest absolute Gasteiger partial charge is 0.514 e. The van der Waals surface area contributed by atoms with E-state index in [4.69, 9.17) is 28.4 Å². The average Bonchev–Trinajstić information content (AvgIpc) is 2.90. The van der Waals surface area contributed by atoms with E-state index in [2.05, 4.69) is 5.32 Å². The minimum absolute atomic E-state index is 0.0444. The zero-order chi connectivity index (χ0) is 31.7. The van der Waals surface area contributed by atoms with Crippen molar-refractivity contribution in [1.82, 2.24) is 5.32 Å². The molecule has 0 radical (unpaired) electrons. The molecule has 0 aliphatic rings. The van der Waals surface area contributed by atoms with Crippen molar-refractivity contribution in [3.8, 4) is 11.5 Å². The Morgan fingerprint density at radius 2 is 1.33 bits per heavy atom. The lowest BCUT2D eigenvalue weighted by Crippen LogP contribution is -2.43. The van der Waals surface area contributed by atoms with Crippen LogP contribution in [0.1, 0.15) is 92.6 Å². The second-order valence-corrected chi connectivity index (χ2v) is 10.8. The molecule has 0 fully saturated rings. The van der Waals surface area contributed by atoms with Gasteiger partial charge in [-0.25, -0.2) is 9.59 Å². The summed E-state index contributed by atoms with van der Waals surface area (Å²) in [5, 5.41) is 3.08. The Kier molecular flexibility index (Phi) is 17.2. The molecule has 0 spiro atoms. The second kappa shape index (κ2) is 19.7. The Balaban J connectivity index is 3.06. The van der Waals surface area contributed by atoms with Gasteiger partial charge in [0, 0.05) is 13.0 Å². The predicted molar refractivity (Wildman–Crippen MR) is 157 cm³/mol. The van der Waals surface area contributed by atoms with Gasteiger partial charge in [0.1, 0.15) is 24.4 Å². The van der Waals surface area contributed by atoms with Gasteiger partial charge in [-0.1, -0.05) is 46.6 Å². The highest BCUT2D eigenvalue weighted by molar-refractivity contribution is 5.76. The molecule has 11 nitrogen and oxygen atoms in total. The zero-order valence-electron chi connectivity index (χ0n) is 26.4. The summed E-state index contributed by atoms with van der Waals surface area (Å²) in [7, 11) is 1.27. The predicted octanol–water partition coefficient (Wildman–Crippen LogP) is 6.14. The molecule has 0 bridgehead atoms. The molecule has 4 atom stereocenters. The van der Waals surface area contributed by atoms with E-state index in [-0.39, 0.29) is 42.6 Å². The van der Waals surface area contributed by atoms with Crippen molar-refractivity contribution in [3.05, 3.63) is 23.8 Å². The Bertz CT molecular complexity index is 996. The minimum Gasteiger partial charge on any atom is -0.468 e. The van der Waals surface area contributed by atoms with E-state index in [9.17, 15) is 19.2 Å². The maximum Gasteiger partial charge on any atom is 0.514 e. The van der Waals surface area contributed by atoms with Gasteiger partial charge < -0.3 is 33.7 Å². The first-order valence-corrected chi connectivity index (χ1v) is 14.8. The summed E-state index contributed by atoms with van der Waals surface area (Å²) in [4.78, 5) is 49.5. The van der Waals surface area contributed by atoms with E-state index in [1.54, 1.807) is 26.8 Å². The minimum atomic E-state index is -0.957. The number of methoxy groups -OCH3 is 1. The van der Waals surface area contributed by atoms with Gasteiger partial charge in [0.2, 0.25) is 0 Å². The van der Waals surface area contributed by atoms with Crippen LogP contribution in [0.4, 0.5) is 9.59 Å². The molecule has 11 heteroatoms. The molecule has 0 aliphatic carbocycles. The third kappa shape index (κ3) is 15.0. The molecule has 0 aliphatic heterocycles. The molecule has 1 rings (SSSR count). The van der Waals surface area contributed by atoms with E-state index < -0.39 is 30.4 Å². The number of carbonyl (C=O) groups excluding carboxylic acids is 4. The molecule has 42 heavy (non-hydrogen) atoms. The number of nitrogens with one attached hydrogen (secondary N) is 1. The lowest BCUT2D eigenvalue weighted by atomic mass is 10.0. The van der Waals surface area contributed by atoms with Gasteiger partial charge in [0.05, 0.1) is 7.11 Å². The van der Waals surface area contributed by atoms with Gasteiger partial charge in [-0.3, -0.25) is 9.59 Å². The van der Waals surface area contributed by atoms with Gasteiger partial charge in [-0.15, -0.1) is 0 Å². The van der Waals surface area contributed by atoms with Crippen LogP contribution in [-0.4, -0.2) is 62.3 Å². The van der Waals surface area contributed by atoms with Crippen molar-refractivity contribution in [2.45, 2.75) is 118 Å². The normalized spacial score (nSPS) is 13.8.